The molecule has 1 aliphatic rings. The van der Waals surface area contributed by atoms with Crippen molar-refractivity contribution in [3.63, 3.8) is 0 Å². The van der Waals surface area contributed by atoms with Gasteiger partial charge in [0.15, 0.2) is 0 Å². The van der Waals surface area contributed by atoms with E-state index in [0.29, 0.717) is 19.1 Å². The summed E-state index contributed by atoms with van der Waals surface area (Å²) >= 11 is 0. The van der Waals surface area contributed by atoms with Gasteiger partial charge in [0.2, 0.25) is 5.91 Å². The highest BCUT2D eigenvalue weighted by Gasteiger charge is 2.21. The molecule has 4 heteroatoms. The average Bonchev–Trinajstić information content (AvgIpc) is 2.34. The van der Waals surface area contributed by atoms with E-state index in [2.05, 4.69) is 29.0 Å². The lowest BCUT2D eigenvalue weighted by molar-refractivity contribution is -0.122. The highest BCUT2D eigenvalue weighted by Crippen LogP contribution is 2.09. The molecule has 1 atom stereocenters. The van der Waals surface area contributed by atoms with Crippen LogP contribution >= 0.6 is 0 Å². The van der Waals surface area contributed by atoms with Crippen LogP contribution in [0.3, 0.4) is 0 Å². The fourth-order valence-electron chi connectivity index (χ4n) is 2.07. The molecular weight excluding hydrogens is 202 g/mol. The predicted octanol–water partition coefficient (Wildman–Crippen LogP) is 0.363. The molecule has 0 radical (unpaired) electrons. The Morgan fingerprint density at radius 2 is 2.50 bits per heavy atom. The minimum Gasteiger partial charge on any atom is -0.352 e. The number of carbonyl (C=O) groups excluding carboxylic acids is 1. The second-order valence-corrected chi connectivity index (χ2v) is 4.16. The number of amides is 1. The normalized spacial score (nSPS) is 20.8. The summed E-state index contributed by atoms with van der Waals surface area (Å²) in [6.45, 7) is 9.78. The molecule has 1 rings (SSSR count). The maximum atomic E-state index is 11.6. The lowest BCUT2D eigenvalue weighted by Crippen LogP contribution is -2.49. The van der Waals surface area contributed by atoms with Gasteiger partial charge in [-0.3, -0.25) is 9.69 Å². The molecule has 1 unspecified atom stereocenters. The molecule has 0 aromatic rings. The summed E-state index contributed by atoms with van der Waals surface area (Å²) in [5, 5.41) is 6.19. The Bertz CT molecular complexity index is 224. The SMILES string of the molecule is C=CCNC(=O)CN(CC)C1CCCNC1. The van der Waals surface area contributed by atoms with E-state index in [9.17, 15) is 4.79 Å². The molecule has 1 heterocycles. The van der Waals surface area contributed by atoms with E-state index in [1.54, 1.807) is 6.08 Å². The first-order valence-electron chi connectivity index (χ1n) is 6.10. The smallest absolute Gasteiger partial charge is 0.234 e. The van der Waals surface area contributed by atoms with Crippen molar-refractivity contribution >= 4 is 5.91 Å². The van der Waals surface area contributed by atoms with Crippen molar-refractivity contribution in [2.45, 2.75) is 25.8 Å². The van der Waals surface area contributed by atoms with Crippen LogP contribution in [0.4, 0.5) is 0 Å². The highest BCUT2D eigenvalue weighted by atomic mass is 16.2. The molecule has 0 aromatic heterocycles. The van der Waals surface area contributed by atoms with E-state index in [0.717, 1.165) is 19.6 Å². The molecule has 0 bridgehead atoms. The number of carbonyl (C=O) groups is 1. The maximum Gasteiger partial charge on any atom is 0.234 e. The van der Waals surface area contributed by atoms with Gasteiger partial charge in [0.25, 0.3) is 0 Å². The molecule has 2 N–H and O–H groups in total. The molecule has 1 saturated heterocycles. The van der Waals surface area contributed by atoms with Crippen molar-refractivity contribution in [2.75, 3.05) is 32.7 Å². The van der Waals surface area contributed by atoms with Crippen molar-refractivity contribution in [1.29, 1.82) is 0 Å². The number of likely N-dealkylation sites (N-methyl/N-ethyl adjacent to an activating group) is 1. The summed E-state index contributed by atoms with van der Waals surface area (Å²) in [7, 11) is 0. The van der Waals surface area contributed by atoms with Crippen molar-refractivity contribution in [3.05, 3.63) is 12.7 Å². The standard InChI is InChI=1S/C12H23N3O/c1-3-7-14-12(16)10-15(4-2)11-6-5-8-13-9-11/h3,11,13H,1,4-10H2,2H3,(H,14,16). The van der Waals surface area contributed by atoms with E-state index in [1.807, 2.05) is 0 Å². The summed E-state index contributed by atoms with van der Waals surface area (Å²) < 4.78 is 0. The second kappa shape index (κ2) is 7.41. The van der Waals surface area contributed by atoms with Crippen molar-refractivity contribution in [2.24, 2.45) is 0 Å². The van der Waals surface area contributed by atoms with Gasteiger partial charge in [-0.25, -0.2) is 0 Å². The van der Waals surface area contributed by atoms with E-state index in [1.165, 1.54) is 12.8 Å². The van der Waals surface area contributed by atoms with E-state index >= 15 is 0 Å². The number of nitrogens with one attached hydrogen (secondary N) is 2. The molecule has 1 amide bonds. The Hall–Kier alpha value is -0.870. The molecule has 1 fully saturated rings. The molecule has 4 nitrogen and oxygen atoms in total. The molecule has 16 heavy (non-hydrogen) atoms. The van der Waals surface area contributed by atoms with Gasteiger partial charge in [0.1, 0.15) is 0 Å². The molecule has 1 aliphatic heterocycles. The van der Waals surface area contributed by atoms with Crippen LogP contribution in [0.15, 0.2) is 12.7 Å². The number of hydrogen-bond acceptors (Lipinski definition) is 3. The van der Waals surface area contributed by atoms with Crippen LogP contribution in [0, 0.1) is 0 Å². The van der Waals surface area contributed by atoms with Crippen LogP contribution in [0.25, 0.3) is 0 Å². The zero-order valence-electron chi connectivity index (χ0n) is 10.2. The second-order valence-electron chi connectivity index (χ2n) is 4.16. The lowest BCUT2D eigenvalue weighted by atomic mass is 10.1. The van der Waals surface area contributed by atoms with Gasteiger partial charge in [-0.05, 0) is 25.9 Å². The van der Waals surface area contributed by atoms with Gasteiger partial charge in [0, 0.05) is 19.1 Å². The van der Waals surface area contributed by atoms with Crippen LogP contribution in [0.2, 0.25) is 0 Å². The average molecular weight is 225 g/mol. The van der Waals surface area contributed by atoms with E-state index in [-0.39, 0.29) is 5.91 Å². The summed E-state index contributed by atoms with van der Waals surface area (Å²) in [5.41, 5.74) is 0. The van der Waals surface area contributed by atoms with Crippen LogP contribution < -0.4 is 10.6 Å². The number of hydrogen-bond donors (Lipinski definition) is 2. The van der Waals surface area contributed by atoms with Crippen molar-refractivity contribution < 1.29 is 4.79 Å². The quantitative estimate of drug-likeness (QED) is 0.642. The van der Waals surface area contributed by atoms with Crippen molar-refractivity contribution in [3.8, 4) is 0 Å². The van der Waals surface area contributed by atoms with Crippen molar-refractivity contribution in [1.82, 2.24) is 15.5 Å². The maximum absolute atomic E-state index is 11.6. The fourth-order valence-corrected chi connectivity index (χ4v) is 2.07. The van der Waals surface area contributed by atoms with Gasteiger partial charge >= 0.3 is 0 Å². The zero-order chi connectivity index (χ0) is 11.8. The Balaban J connectivity index is 2.34. The van der Waals surface area contributed by atoms with E-state index < -0.39 is 0 Å². The minimum atomic E-state index is 0.0901. The lowest BCUT2D eigenvalue weighted by Gasteiger charge is -2.33. The summed E-state index contributed by atoms with van der Waals surface area (Å²) in [6, 6.07) is 0.508. The summed E-state index contributed by atoms with van der Waals surface area (Å²) in [5.74, 6) is 0.0901. The number of piperidine rings is 1. The molecule has 0 saturated carbocycles. The Morgan fingerprint density at radius 3 is 3.06 bits per heavy atom. The van der Waals surface area contributed by atoms with Gasteiger partial charge in [-0.15, -0.1) is 6.58 Å². The van der Waals surface area contributed by atoms with Gasteiger partial charge in [0.05, 0.1) is 6.54 Å². The molecule has 0 aromatic carbocycles. The van der Waals surface area contributed by atoms with Gasteiger partial charge in [-0.1, -0.05) is 13.0 Å². The number of rotatable bonds is 6. The van der Waals surface area contributed by atoms with Gasteiger partial charge in [-0.2, -0.15) is 0 Å². The van der Waals surface area contributed by atoms with Crippen LogP contribution in [-0.4, -0.2) is 49.6 Å². The van der Waals surface area contributed by atoms with Crippen LogP contribution in [0.1, 0.15) is 19.8 Å². The van der Waals surface area contributed by atoms with Crippen LogP contribution in [-0.2, 0) is 4.79 Å². The monoisotopic (exact) mass is 225 g/mol. The molecular formula is C12H23N3O. The largest absolute Gasteiger partial charge is 0.352 e. The first-order valence-corrected chi connectivity index (χ1v) is 6.10. The molecule has 92 valence electrons. The predicted molar refractivity (Wildman–Crippen MR) is 66.3 cm³/mol. The Labute approximate surface area is 98.1 Å². The molecule has 0 aliphatic carbocycles. The summed E-state index contributed by atoms with van der Waals surface area (Å²) in [6.07, 6.45) is 4.10. The summed E-state index contributed by atoms with van der Waals surface area (Å²) in [4.78, 5) is 13.8. The third kappa shape index (κ3) is 4.33. The Kier molecular flexibility index (Phi) is 6.11. The topological polar surface area (TPSA) is 44.4 Å². The number of nitrogens with zero attached hydrogens (tertiary/aromatic N) is 1. The minimum absolute atomic E-state index is 0.0901. The van der Waals surface area contributed by atoms with E-state index in [4.69, 9.17) is 0 Å². The molecule has 0 spiro atoms. The first-order chi connectivity index (χ1) is 7.77. The fraction of sp³-hybridized carbons (Fsp3) is 0.750. The zero-order valence-corrected chi connectivity index (χ0v) is 10.2. The third-order valence-electron chi connectivity index (χ3n) is 2.98. The first kappa shape index (κ1) is 13.2. The highest BCUT2D eigenvalue weighted by molar-refractivity contribution is 5.78. The van der Waals surface area contributed by atoms with Gasteiger partial charge < -0.3 is 10.6 Å². The third-order valence-corrected chi connectivity index (χ3v) is 2.98. The Morgan fingerprint density at radius 1 is 1.69 bits per heavy atom. The van der Waals surface area contributed by atoms with Crippen LogP contribution in [0.5, 0.6) is 0 Å².